The molecule has 5 N–H and O–H groups in total. The molecule has 0 amide bonds. The minimum absolute atomic E-state index is 0. The Balaban J connectivity index is 0. The number of hydrogen-bond donors (Lipinski definition) is 3. The van der Waals surface area contributed by atoms with E-state index in [2.05, 4.69) is 0 Å². The van der Waals surface area contributed by atoms with Crippen molar-refractivity contribution in [3.05, 3.63) is 0 Å². The van der Waals surface area contributed by atoms with Crippen LogP contribution in [0.4, 0.5) is 0 Å². The molecule has 0 aromatic heterocycles. The molecule has 6 heteroatoms. The lowest BCUT2D eigenvalue weighted by molar-refractivity contribution is -0.141. The number of thioether (sulfide) groups is 1. The monoisotopic (exact) mass is 228 g/mol. The summed E-state index contributed by atoms with van der Waals surface area (Å²) in [4.78, 5) is 10.6. The lowest BCUT2D eigenvalue weighted by Crippen LogP contribution is -2.47. The molecule has 0 aliphatic heterocycles. The van der Waals surface area contributed by atoms with E-state index in [0.29, 0.717) is 12.3 Å². The third kappa shape index (κ3) is 6.15. The molecule has 4 nitrogen and oxygen atoms in total. The van der Waals surface area contributed by atoms with Crippen LogP contribution in [0.2, 0.25) is 0 Å². The van der Waals surface area contributed by atoms with Crippen molar-refractivity contribution in [2.75, 3.05) is 12.3 Å². The molecule has 0 rings (SSSR count). The van der Waals surface area contributed by atoms with Crippen molar-refractivity contribution in [2.24, 2.45) is 11.5 Å². The van der Waals surface area contributed by atoms with Gasteiger partial charge in [0.1, 0.15) is 5.54 Å². The number of nitrogens with two attached hydrogens (primary N) is 2. The lowest BCUT2D eigenvalue weighted by Gasteiger charge is -2.20. The molecule has 0 bridgehead atoms. The van der Waals surface area contributed by atoms with Gasteiger partial charge in [0.05, 0.1) is 0 Å². The van der Waals surface area contributed by atoms with E-state index in [0.717, 1.165) is 0 Å². The number of carboxylic acids is 1. The predicted molar refractivity (Wildman–Crippen MR) is 58.5 cm³/mol. The Morgan fingerprint density at radius 3 is 2.46 bits per heavy atom. The Morgan fingerprint density at radius 1 is 1.69 bits per heavy atom. The number of carboxylic acid groups (broad SMARTS) is 1. The highest BCUT2D eigenvalue weighted by molar-refractivity contribution is 8.00. The summed E-state index contributed by atoms with van der Waals surface area (Å²) < 4.78 is 0. The van der Waals surface area contributed by atoms with Gasteiger partial charge in [-0.3, -0.25) is 4.79 Å². The van der Waals surface area contributed by atoms with Crippen molar-refractivity contribution in [3.8, 4) is 0 Å². The Bertz CT molecular complexity index is 167. The van der Waals surface area contributed by atoms with Crippen molar-refractivity contribution in [2.45, 2.75) is 24.6 Å². The van der Waals surface area contributed by atoms with E-state index in [4.69, 9.17) is 16.6 Å². The van der Waals surface area contributed by atoms with Crippen LogP contribution in [0.25, 0.3) is 0 Å². The Kier molecular flexibility index (Phi) is 7.72. The number of aliphatic carboxylic acids is 1. The van der Waals surface area contributed by atoms with Gasteiger partial charge in [-0.15, -0.1) is 12.4 Å². The molecule has 0 saturated carbocycles. The van der Waals surface area contributed by atoms with Crippen LogP contribution in [0, 0.1) is 0 Å². The standard InChI is InChI=1S/C7H16N2O2S.ClH/c1-5(3-8)12-4-7(2,9)6(10)11;/h5H,3-4,8-9H2,1-2H3,(H,10,11);1H. The van der Waals surface area contributed by atoms with E-state index in [1.165, 1.54) is 18.7 Å². The van der Waals surface area contributed by atoms with Crippen molar-refractivity contribution < 1.29 is 9.90 Å². The molecule has 0 aliphatic carbocycles. The fourth-order valence-corrected chi connectivity index (χ4v) is 1.34. The molecule has 0 radical (unpaired) electrons. The zero-order valence-corrected chi connectivity index (χ0v) is 9.45. The highest BCUT2D eigenvalue weighted by Gasteiger charge is 2.28. The second-order valence-electron chi connectivity index (χ2n) is 3.08. The molecule has 2 unspecified atom stereocenters. The van der Waals surface area contributed by atoms with Gasteiger partial charge in [-0.1, -0.05) is 6.92 Å². The van der Waals surface area contributed by atoms with Gasteiger partial charge in [0.25, 0.3) is 0 Å². The van der Waals surface area contributed by atoms with Crippen LogP contribution in [0.1, 0.15) is 13.8 Å². The molecule has 0 fully saturated rings. The molecule has 0 aromatic carbocycles. The first-order valence-electron chi connectivity index (χ1n) is 3.74. The number of hydrogen-bond acceptors (Lipinski definition) is 4. The van der Waals surface area contributed by atoms with Gasteiger partial charge in [-0.25, -0.2) is 0 Å². The third-order valence-electron chi connectivity index (χ3n) is 1.49. The molecule has 13 heavy (non-hydrogen) atoms. The summed E-state index contributed by atoms with van der Waals surface area (Å²) in [6.45, 7) is 3.99. The van der Waals surface area contributed by atoms with Crippen molar-refractivity contribution in [1.82, 2.24) is 0 Å². The number of halogens is 1. The highest BCUT2D eigenvalue weighted by Crippen LogP contribution is 2.15. The summed E-state index contributed by atoms with van der Waals surface area (Å²) in [6, 6.07) is 0. The number of rotatable bonds is 5. The minimum atomic E-state index is -1.14. The Labute approximate surface area is 88.8 Å². The van der Waals surface area contributed by atoms with E-state index in [9.17, 15) is 4.79 Å². The fraction of sp³-hybridized carbons (Fsp3) is 0.857. The Morgan fingerprint density at radius 2 is 2.15 bits per heavy atom. The molecule has 0 saturated heterocycles. The van der Waals surface area contributed by atoms with Gasteiger partial charge in [-0.05, 0) is 6.92 Å². The topological polar surface area (TPSA) is 89.3 Å². The normalized spacial score (nSPS) is 16.9. The maximum Gasteiger partial charge on any atom is 0.324 e. The maximum atomic E-state index is 10.6. The van der Waals surface area contributed by atoms with Gasteiger partial charge >= 0.3 is 5.97 Å². The largest absolute Gasteiger partial charge is 0.480 e. The van der Waals surface area contributed by atoms with Crippen LogP contribution in [0.3, 0.4) is 0 Å². The smallest absolute Gasteiger partial charge is 0.324 e. The van der Waals surface area contributed by atoms with Crippen LogP contribution in [-0.2, 0) is 4.79 Å². The van der Waals surface area contributed by atoms with Crippen molar-refractivity contribution in [3.63, 3.8) is 0 Å². The summed E-state index contributed by atoms with van der Waals surface area (Å²) in [5.74, 6) is -0.583. The van der Waals surface area contributed by atoms with Crippen LogP contribution < -0.4 is 11.5 Å². The molecule has 80 valence electrons. The van der Waals surface area contributed by atoms with E-state index >= 15 is 0 Å². The van der Waals surface area contributed by atoms with E-state index in [1.807, 2.05) is 6.92 Å². The van der Waals surface area contributed by atoms with Gasteiger partial charge in [0.2, 0.25) is 0 Å². The van der Waals surface area contributed by atoms with Crippen LogP contribution in [0.15, 0.2) is 0 Å². The van der Waals surface area contributed by atoms with Gasteiger partial charge in [-0.2, -0.15) is 11.8 Å². The molecule has 2 atom stereocenters. The summed E-state index contributed by atoms with van der Waals surface area (Å²) in [5.41, 5.74) is 9.73. The summed E-state index contributed by atoms with van der Waals surface area (Å²) >= 11 is 1.48. The van der Waals surface area contributed by atoms with E-state index < -0.39 is 11.5 Å². The first kappa shape index (κ1) is 15.5. The van der Waals surface area contributed by atoms with Gasteiger partial charge in [0, 0.05) is 17.5 Å². The second-order valence-corrected chi connectivity index (χ2v) is 4.51. The lowest BCUT2D eigenvalue weighted by atomic mass is 10.1. The zero-order chi connectivity index (χ0) is 9.78. The fourth-order valence-electron chi connectivity index (χ4n) is 0.445. The molecule has 0 heterocycles. The Hall–Kier alpha value is 0.0300. The van der Waals surface area contributed by atoms with Crippen LogP contribution >= 0.6 is 24.2 Å². The molecular formula is C7H17ClN2O2S. The zero-order valence-electron chi connectivity index (χ0n) is 7.82. The first-order chi connectivity index (χ1) is 5.40. The summed E-state index contributed by atoms with van der Waals surface area (Å²) in [5, 5.41) is 8.91. The maximum absolute atomic E-state index is 10.6. The highest BCUT2D eigenvalue weighted by atomic mass is 35.5. The SMILES string of the molecule is CC(CN)SCC(C)(N)C(=O)O.Cl. The third-order valence-corrected chi connectivity index (χ3v) is 3.02. The van der Waals surface area contributed by atoms with Gasteiger partial charge in [0.15, 0.2) is 0 Å². The van der Waals surface area contributed by atoms with Crippen LogP contribution in [-0.4, -0.2) is 34.2 Å². The first-order valence-corrected chi connectivity index (χ1v) is 4.79. The van der Waals surface area contributed by atoms with E-state index in [1.54, 1.807) is 0 Å². The van der Waals surface area contributed by atoms with Crippen molar-refractivity contribution >= 4 is 30.1 Å². The summed E-state index contributed by atoms with van der Waals surface area (Å²) in [6.07, 6.45) is 0. The second kappa shape index (κ2) is 6.48. The molecule has 0 aliphatic rings. The average Bonchev–Trinajstić information content (AvgIpc) is 2.00. The van der Waals surface area contributed by atoms with E-state index in [-0.39, 0.29) is 17.7 Å². The molecule has 0 aromatic rings. The number of carbonyl (C=O) groups is 1. The summed E-state index contributed by atoms with van der Waals surface area (Å²) in [7, 11) is 0. The quantitative estimate of drug-likeness (QED) is 0.630. The molecule has 0 spiro atoms. The van der Waals surface area contributed by atoms with Crippen molar-refractivity contribution in [1.29, 1.82) is 0 Å². The van der Waals surface area contributed by atoms with Crippen LogP contribution in [0.5, 0.6) is 0 Å². The molecular weight excluding hydrogens is 212 g/mol. The predicted octanol–water partition coefficient (Wildman–Crippen LogP) is 0.291. The van der Waals surface area contributed by atoms with Gasteiger partial charge < -0.3 is 16.6 Å². The average molecular weight is 229 g/mol. The minimum Gasteiger partial charge on any atom is -0.480 e.